The van der Waals surface area contributed by atoms with Gasteiger partial charge < -0.3 is 10.8 Å². The minimum atomic E-state index is -1.87. The van der Waals surface area contributed by atoms with Gasteiger partial charge in [-0.2, -0.15) is 4.90 Å². The van der Waals surface area contributed by atoms with Crippen molar-refractivity contribution >= 4 is 24.4 Å². The Morgan fingerprint density at radius 1 is 1.62 bits per heavy atom. The first-order valence-electron chi connectivity index (χ1n) is 3.40. The van der Waals surface area contributed by atoms with Crippen molar-refractivity contribution in [2.24, 2.45) is 16.7 Å². The summed E-state index contributed by atoms with van der Waals surface area (Å²) in [4.78, 5) is 30.7. The fourth-order valence-electron chi connectivity index (χ4n) is 0.571. The largest absolute Gasteiger partial charge is 0.464 e. The van der Waals surface area contributed by atoms with Gasteiger partial charge in [-0.05, 0) is 0 Å². The summed E-state index contributed by atoms with van der Waals surface area (Å²) in [6.45, 7) is 0. The molecule has 88 valence electrons. The van der Waals surface area contributed by atoms with Crippen LogP contribution in [0.3, 0.4) is 0 Å². The molecule has 12 heteroatoms. The second-order valence-electron chi connectivity index (χ2n) is 2.15. The Bertz CT molecular complexity index is 364. The Labute approximate surface area is 87.3 Å². The van der Waals surface area contributed by atoms with E-state index in [0.717, 1.165) is 0 Å². The highest BCUT2D eigenvalue weighted by Crippen LogP contribution is 1.94. The molecule has 0 aliphatic heterocycles. The van der Waals surface area contributed by atoms with Crippen molar-refractivity contribution in [1.82, 2.24) is 9.91 Å². The number of imide groups is 1. The molecule has 0 radical (unpaired) electrons. The van der Waals surface area contributed by atoms with Crippen LogP contribution in [0.5, 0.6) is 0 Å². The lowest BCUT2D eigenvalue weighted by Gasteiger charge is -2.19. The van der Waals surface area contributed by atoms with Gasteiger partial charge in [-0.25, -0.2) is 25.8 Å². The molecule has 2 amide bonds. The molecule has 0 aliphatic carbocycles. The van der Waals surface area contributed by atoms with Crippen LogP contribution in [0.4, 0.5) is 4.79 Å². The van der Waals surface area contributed by atoms with Gasteiger partial charge in [0, 0.05) is 0 Å². The highest BCUT2D eigenvalue weighted by molar-refractivity contribution is 6.07. The second-order valence-corrected chi connectivity index (χ2v) is 2.15. The molecule has 0 atom stereocenters. The number of hydrogen-bond acceptors (Lipinski definition) is 6. The molecule has 16 heavy (non-hydrogen) atoms. The van der Waals surface area contributed by atoms with Gasteiger partial charge in [-0.1, -0.05) is 0 Å². The Kier molecular flexibility index (Phi) is 4.31. The fourth-order valence-corrected chi connectivity index (χ4v) is 0.571. The smallest absolute Gasteiger partial charge is 0.421 e. The van der Waals surface area contributed by atoms with E-state index in [9.17, 15) is 19.7 Å². The van der Waals surface area contributed by atoms with Gasteiger partial charge >= 0.3 is 12.1 Å². The maximum Gasteiger partial charge on any atom is 0.421 e. The maximum absolute atomic E-state index is 10.5. The summed E-state index contributed by atoms with van der Waals surface area (Å²) >= 11 is 0. The third-order valence-corrected chi connectivity index (χ3v) is 1.17. The number of hydrogen-bond donors (Lipinski definition) is 4. The molecule has 0 rings (SSSR count). The summed E-state index contributed by atoms with van der Waals surface area (Å²) in [6.07, 6.45) is -2.15. The van der Waals surface area contributed by atoms with Crippen molar-refractivity contribution in [3.05, 3.63) is 10.1 Å². The molecule has 0 fully saturated rings. The zero-order valence-electron chi connectivity index (χ0n) is 7.60. The molecule has 0 spiro atoms. The summed E-state index contributed by atoms with van der Waals surface area (Å²) in [7, 11) is 0. The number of nitro groups is 1. The molecule has 0 heterocycles. The molecule has 0 aromatic heterocycles. The van der Waals surface area contributed by atoms with Gasteiger partial charge in [-0.15, -0.1) is 0 Å². The van der Waals surface area contributed by atoms with Crippen molar-refractivity contribution in [1.29, 1.82) is 5.41 Å². The Morgan fingerprint density at radius 2 is 2.12 bits per heavy atom. The number of carbonyl (C=O) groups excluding carboxylic acids is 1. The average molecular weight is 233 g/mol. The van der Waals surface area contributed by atoms with Gasteiger partial charge in [0.1, 0.15) is 5.10 Å². The second kappa shape index (κ2) is 5.20. The first kappa shape index (κ1) is 13.2. The van der Waals surface area contributed by atoms with Crippen LogP contribution in [0.15, 0.2) is 5.10 Å². The van der Waals surface area contributed by atoms with Gasteiger partial charge in [0.2, 0.25) is 12.4 Å². The van der Waals surface area contributed by atoms with E-state index in [1.165, 1.54) is 0 Å². The molecular formula is C4H7N7O5. The number of guanidine groups is 2. The van der Waals surface area contributed by atoms with Crippen molar-refractivity contribution in [3.63, 3.8) is 0 Å². The van der Waals surface area contributed by atoms with E-state index >= 15 is 0 Å². The SMILES string of the molecule is N=C(N)N(N)C(=N[N+](=O)[O-])N(C=O)C(=O)O. The predicted molar refractivity (Wildman–Crippen MR) is 48.3 cm³/mol. The highest BCUT2D eigenvalue weighted by atomic mass is 16.7. The van der Waals surface area contributed by atoms with Gasteiger partial charge in [0.25, 0.3) is 0 Å². The quantitative estimate of drug-likeness (QED) is 0.102. The van der Waals surface area contributed by atoms with Crippen LogP contribution in [0.25, 0.3) is 0 Å². The first-order valence-corrected chi connectivity index (χ1v) is 3.40. The van der Waals surface area contributed by atoms with Crippen LogP contribution in [0.1, 0.15) is 0 Å². The number of amides is 2. The van der Waals surface area contributed by atoms with Crippen LogP contribution >= 0.6 is 0 Å². The number of carboxylic acid groups (broad SMARTS) is 1. The standard InChI is InChI=1S/C4H7N7O5/c5-2(6)10(7)3(8-11(15)16)9(1-12)4(13)14/h1H,7H2,(H3,5,6)(H,13,14). The highest BCUT2D eigenvalue weighted by Gasteiger charge is 2.27. The van der Waals surface area contributed by atoms with Crippen LogP contribution in [-0.2, 0) is 4.79 Å². The van der Waals surface area contributed by atoms with E-state index in [0.29, 0.717) is 0 Å². The van der Waals surface area contributed by atoms with E-state index in [2.05, 4.69) is 5.10 Å². The fraction of sp³-hybridized carbons (Fsp3) is 0. The number of carbonyl (C=O) groups is 2. The number of nitrogens with zero attached hydrogens (tertiary/aromatic N) is 4. The van der Waals surface area contributed by atoms with E-state index in [4.69, 9.17) is 22.1 Å². The number of nitrogens with one attached hydrogen (secondary N) is 1. The third-order valence-electron chi connectivity index (χ3n) is 1.17. The number of hydrazine groups is 1. The molecule has 0 aliphatic rings. The molecule has 0 aromatic carbocycles. The molecule has 0 saturated carbocycles. The minimum absolute atomic E-state index is 0.0608. The topological polar surface area (TPSA) is 192 Å². The van der Waals surface area contributed by atoms with E-state index in [1.54, 1.807) is 0 Å². The van der Waals surface area contributed by atoms with E-state index in [-0.39, 0.29) is 16.3 Å². The summed E-state index contributed by atoms with van der Waals surface area (Å²) < 4.78 is 0. The predicted octanol–water partition coefficient (Wildman–Crippen LogP) is -2.26. The van der Waals surface area contributed by atoms with Gasteiger partial charge in [0.15, 0.2) is 5.03 Å². The minimum Gasteiger partial charge on any atom is -0.464 e. The van der Waals surface area contributed by atoms with Gasteiger partial charge in [0.05, 0.1) is 0 Å². The normalized spacial score (nSPS) is 10.4. The van der Waals surface area contributed by atoms with Crippen molar-refractivity contribution < 1.29 is 19.7 Å². The van der Waals surface area contributed by atoms with Crippen LogP contribution in [-0.4, -0.2) is 44.5 Å². The Hall–Kier alpha value is -2.76. The molecule has 0 aromatic rings. The zero-order valence-corrected chi connectivity index (χ0v) is 7.60. The van der Waals surface area contributed by atoms with Crippen molar-refractivity contribution in [2.75, 3.05) is 0 Å². The molecule has 12 nitrogen and oxygen atoms in total. The Morgan fingerprint density at radius 3 is 2.38 bits per heavy atom. The Balaban J connectivity index is 5.39. The van der Waals surface area contributed by atoms with Crippen molar-refractivity contribution in [3.8, 4) is 0 Å². The monoisotopic (exact) mass is 233 g/mol. The lowest BCUT2D eigenvalue weighted by molar-refractivity contribution is -0.486. The summed E-state index contributed by atoms with van der Waals surface area (Å²) in [5.74, 6) is 2.95. The lowest BCUT2D eigenvalue weighted by Crippen LogP contribution is -2.54. The molecule has 0 saturated heterocycles. The molecule has 0 unspecified atom stereocenters. The maximum atomic E-state index is 10.5. The summed E-state index contributed by atoms with van der Waals surface area (Å²) in [5, 5.41) is 26.7. The van der Waals surface area contributed by atoms with Crippen molar-refractivity contribution in [2.45, 2.75) is 0 Å². The third kappa shape index (κ3) is 3.18. The molecular weight excluding hydrogens is 226 g/mol. The zero-order chi connectivity index (χ0) is 12.9. The summed E-state index contributed by atoms with van der Waals surface area (Å²) in [6, 6.07) is 0. The average Bonchev–Trinajstić information content (AvgIpc) is 2.14. The van der Waals surface area contributed by atoms with Gasteiger partial charge in [-0.3, -0.25) is 10.2 Å². The van der Waals surface area contributed by atoms with E-state index in [1.807, 2.05) is 0 Å². The van der Waals surface area contributed by atoms with Crippen LogP contribution < -0.4 is 11.6 Å². The van der Waals surface area contributed by atoms with Crippen LogP contribution in [0.2, 0.25) is 0 Å². The molecule has 0 bridgehead atoms. The van der Waals surface area contributed by atoms with Crippen LogP contribution in [0, 0.1) is 15.5 Å². The summed E-state index contributed by atoms with van der Waals surface area (Å²) in [5.41, 5.74) is 4.85. The molecule has 6 N–H and O–H groups in total. The van der Waals surface area contributed by atoms with E-state index < -0.39 is 23.0 Å². The number of rotatable bonds is 2. The first-order chi connectivity index (χ1) is 7.31. The number of nitrogens with two attached hydrogens (primary N) is 2. The lowest BCUT2D eigenvalue weighted by atomic mass is 10.7. The number of hydrazone groups is 1.